The van der Waals surface area contributed by atoms with E-state index in [0.29, 0.717) is 5.11 Å². The summed E-state index contributed by atoms with van der Waals surface area (Å²) in [6, 6.07) is 16.7. The predicted molar refractivity (Wildman–Crippen MR) is 128 cm³/mol. The summed E-state index contributed by atoms with van der Waals surface area (Å²) < 4.78 is 5.45. The number of methoxy groups -OCH3 is 1. The van der Waals surface area contributed by atoms with Crippen molar-refractivity contribution in [2.75, 3.05) is 12.4 Å². The van der Waals surface area contributed by atoms with Gasteiger partial charge in [-0.1, -0.05) is 42.7 Å². The Morgan fingerprint density at radius 3 is 2.73 bits per heavy atom. The quantitative estimate of drug-likeness (QED) is 0.496. The van der Waals surface area contributed by atoms with Gasteiger partial charge in [0.1, 0.15) is 11.3 Å². The molecule has 0 amide bonds. The Morgan fingerprint density at radius 2 is 1.97 bits per heavy atom. The Kier molecular flexibility index (Phi) is 6.18. The fourth-order valence-corrected chi connectivity index (χ4v) is 4.88. The van der Waals surface area contributed by atoms with Crippen molar-refractivity contribution in [2.45, 2.75) is 51.0 Å². The summed E-state index contributed by atoms with van der Waals surface area (Å²) in [4.78, 5) is 4.48. The van der Waals surface area contributed by atoms with E-state index in [0.717, 1.165) is 48.0 Å². The predicted octanol–water partition coefficient (Wildman–Crippen LogP) is 5.78. The summed E-state index contributed by atoms with van der Waals surface area (Å²) in [6.45, 7) is 2.15. The molecule has 30 heavy (non-hydrogen) atoms. The zero-order valence-corrected chi connectivity index (χ0v) is 18.5. The Labute approximate surface area is 184 Å². The summed E-state index contributed by atoms with van der Waals surface area (Å²) in [5, 5.41) is 8.79. The van der Waals surface area contributed by atoms with E-state index >= 15 is 0 Å². The lowest BCUT2D eigenvalue weighted by Crippen LogP contribution is -2.48. The van der Waals surface area contributed by atoms with Crippen LogP contribution in [0.2, 0.25) is 0 Å². The van der Waals surface area contributed by atoms with Gasteiger partial charge in [-0.3, -0.25) is 4.98 Å². The first-order valence-electron chi connectivity index (χ1n) is 10.6. The molecule has 0 unspecified atom stereocenters. The molecule has 0 radical (unpaired) electrons. The van der Waals surface area contributed by atoms with Crippen LogP contribution in [-0.2, 0) is 6.42 Å². The van der Waals surface area contributed by atoms with E-state index in [4.69, 9.17) is 17.0 Å². The molecule has 0 aliphatic heterocycles. The summed E-state index contributed by atoms with van der Waals surface area (Å²) in [5.74, 6) is 0.764. The molecule has 1 aromatic heterocycles. The van der Waals surface area contributed by atoms with Gasteiger partial charge >= 0.3 is 0 Å². The molecule has 156 valence electrons. The van der Waals surface area contributed by atoms with E-state index < -0.39 is 0 Å². The van der Waals surface area contributed by atoms with Crippen molar-refractivity contribution < 1.29 is 4.74 Å². The number of pyridine rings is 1. The SMILES string of the molecule is COc1ccc(NC(=S)NC2(CCc3cccc(C)c3)CCCC2)c2cccnc12. The second-order valence-corrected chi connectivity index (χ2v) is 8.68. The number of aromatic nitrogens is 1. The first-order chi connectivity index (χ1) is 14.6. The van der Waals surface area contributed by atoms with Crippen molar-refractivity contribution in [1.29, 1.82) is 0 Å². The van der Waals surface area contributed by atoms with Crippen LogP contribution in [-0.4, -0.2) is 22.7 Å². The van der Waals surface area contributed by atoms with Crippen LogP contribution >= 0.6 is 12.2 Å². The molecule has 0 atom stereocenters. The normalized spacial score (nSPS) is 15.1. The van der Waals surface area contributed by atoms with Gasteiger partial charge in [0.2, 0.25) is 0 Å². The number of benzene rings is 2. The lowest BCUT2D eigenvalue weighted by Gasteiger charge is -2.32. The largest absolute Gasteiger partial charge is 0.494 e. The lowest BCUT2D eigenvalue weighted by atomic mass is 9.89. The molecule has 2 aromatic carbocycles. The lowest BCUT2D eigenvalue weighted by molar-refractivity contribution is 0.362. The fourth-order valence-electron chi connectivity index (χ4n) is 4.56. The summed E-state index contributed by atoms with van der Waals surface area (Å²) in [7, 11) is 1.67. The molecule has 1 aliphatic rings. The molecule has 1 fully saturated rings. The first-order valence-corrected chi connectivity index (χ1v) is 11.1. The maximum atomic E-state index is 5.75. The van der Waals surface area contributed by atoms with Gasteiger partial charge in [-0.25, -0.2) is 0 Å². The number of rotatable bonds is 6. The van der Waals surface area contributed by atoms with Gasteiger partial charge in [-0.15, -0.1) is 0 Å². The fraction of sp³-hybridized carbons (Fsp3) is 0.360. The molecule has 0 saturated heterocycles. The zero-order chi connectivity index (χ0) is 21.0. The summed E-state index contributed by atoms with van der Waals surface area (Å²) in [6.07, 6.45) is 8.74. The third-order valence-corrected chi connectivity index (χ3v) is 6.32. The van der Waals surface area contributed by atoms with Crippen LogP contribution in [0.3, 0.4) is 0 Å². The molecule has 1 heterocycles. The number of hydrogen-bond donors (Lipinski definition) is 2. The molecule has 4 rings (SSSR count). The van der Waals surface area contributed by atoms with Crippen molar-refractivity contribution in [3.63, 3.8) is 0 Å². The Morgan fingerprint density at radius 1 is 1.13 bits per heavy atom. The highest BCUT2D eigenvalue weighted by Crippen LogP contribution is 2.34. The van der Waals surface area contributed by atoms with Crippen LogP contribution in [0.4, 0.5) is 5.69 Å². The van der Waals surface area contributed by atoms with Crippen LogP contribution in [0.25, 0.3) is 10.9 Å². The number of hydrogen-bond acceptors (Lipinski definition) is 3. The molecular formula is C25H29N3OS. The van der Waals surface area contributed by atoms with E-state index in [1.54, 1.807) is 13.3 Å². The minimum atomic E-state index is 0.0638. The van der Waals surface area contributed by atoms with E-state index in [2.05, 4.69) is 46.8 Å². The highest BCUT2D eigenvalue weighted by atomic mass is 32.1. The first kappa shape index (κ1) is 20.6. The maximum Gasteiger partial charge on any atom is 0.171 e. The van der Waals surface area contributed by atoms with Crippen LogP contribution in [0.5, 0.6) is 5.75 Å². The second-order valence-electron chi connectivity index (χ2n) is 8.27. The monoisotopic (exact) mass is 419 g/mol. The van der Waals surface area contributed by atoms with Gasteiger partial charge in [0.15, 0.2) is 5.11 Å². The van der Waals surface area contributed by atoms with Gasteiger partial charge in [-0.2, -0.15) is 0 Å². The topological polar surface area (TPSA) is 46.2 Å². The van der Waals surface area contributed by atoms with Crippen LogP contribution in [0.15, 0.2) is 54.7 Å². The molecular weight excluding hydrogens is 390 g/mol. The molecule has 4 nitrogen and oxygen atoms in total. The number of nitrogens with one attached hydrogen (secondary N) is 2. The van der Waals surface area contributed by atoms with Gasteiger partial charge in [0, 0.05) is 22.8 Å². The van der Waals surface area contributed by atoms with Crippen LogP contribution in [0, 0.1) is 6.92 Å². The van der Waals surface area contributed by atoms with Crippen LogP contribution in [0.1, 0.15) is 43.2 Å². The molecule has 1 aliphatic carbocycles. The van der Waals surface area contributed by atoms with E-state index in [1.807, 2.05) is 24.3 Å². The minimum Gasteiger partial charge on any atom is -0.494 e. The minimum absolute atomic E-state index is 0.0638. The van der Waals surface area contributed by atoms with Crippen LogP contribution < -0.4 is 15.4 Å². The van der Waals surface area contributed by atoms with Crippen molar-refractivity contribution in [2.24, 2.45) is 0 Å². The van der Waals surface area contributed by atoms with E-state index in [1.165, 1.54) is 24.0 Å². The molecule has 0 bridgehead atoms. The summed E-state index contributed by atoms with van der Waals surface area (Å²) >= 11 is 5.75. The van der Waals surface area contributed by atoms with E-state index in [9.17, 15) is 0 Å². The number of thiocarbonyl (C=S) groups is 1. The van der Waals surface area contributed by atoms with Gasteiger partial charge in [0.25, 0.3) is 0 Å². The average molecular weight is 420 g/mol. The standard InChI is InChI=1S/C25H29N3OS/c1-18-7-5-8-19(17-18)12-15-25(13-3-4-14-25)28-24(30)27-21-10-11-22(29-2)23-20(21)9-6-16-26-23/h5-11,16-17H,3-4,12-15H2,1-2H3,(H2,27,28,30). The van der Waals surface area contributed by atoms with Gasteiger partial charge < -0.3 is 15.4 Å². The molecule has 3 aromatic rings. The average Bonchev–Trinajstić information content (AvgIpc) is 3.21. The van der Waals surface area contributed by atoms with E-state index in [-0.39, 0.29) is 5.54 Å². The third kappa shape index (κ3) is 4.57. The highest BCUT2D eigenvalue weighted by Gasteiger charge is 2.34. The van der Waals surface area contributed by atoms with Crippen molar-refractivity contribution in [3.8, 4) is 5.75 Å². The van der Waals surface area contributed by atoms with Gasteiger partial charge in [-0.05, 0) is 74.7 Å². The highest BCUT2D eigenvalue weighted by molar-refractivity contribution is 7.80. The third-order valence-electron chi connectivity index (χ3n) is 6.11. The molecule has 1 saturated carbocycles. The number of fused-ring (bicyclic) bond motifs is 1. The Bertz CT molecular complexity index is 1040. The second kappa shape index (κ2) is 9.00. The van der Waals surface area contributed by atoms with Crippen molar-refractivity contribution >= 4 is 33.9 Å². The number of aryl methyl sites for hydroxylation is 2. The maximum absolute atomic E-state index is 5.75. The zero-order valence-electron chi connectivity index (χ0n) is 17.7. The van der Waals surface area contributed by atoms with Crippen molar-refractivity contribution in [3.05, 3.63) is 65.9 Å². The molecule has 2 N–H and O–H groups in total. The number of ether oxygens (including phenoxy) is 1. The Hall–Kier alpha value is -2.66. The molecule has 0 spiro atoms. The smallest absolute Gasteiger partial charge is 0.171 e. The Balaban J connectivity index is 1.48. The number of nitrogens with zero attached hydrogens (tertiary/aromatic N) is 1. The van der Waals surface area contributed by atoms with Gasteiger partial charge in [0.05, 0.1) is 7.11 Å². The number of anilines is 1. The summed E-state index contributed by atoms with van der Waals surface area (Å²) in [5.41, 5.74) is 4.56. The molecule has 5 heteroatoms. The van der Waals surface area contributed by atoms with Crippen molar-refractivity contribution in [1.82, 2.24) is 10.3 Å².